The predicted octanol–water partition coefficient (Wildman–Crippen LogP) is 3.90. The highest BCUT2D eigenvalue weighted by atomic mass is 32.2. The van der Waals surface area contributed by atoms with E-state index in [0.29, 0.717) is 11.1 Å². The number of anilines is 1. The fourth-order valence-corrected chi connectivity index (χ4v) is 4.06. The Hall–Kier alpha value is -3.06. The number of hydrogen-bond donors (Lipinski definition) is 1. The summed E-state index contributed by atoms with van der Waals surface area (Å²) in [6.45, 7) is 0.725. The smallest absolute Gasteiger partial charge is 0.277 e. The molecule has 0 spiro atoms. The maximum absolute atomic E-state index is 12.6. The number of aromatic amines is 1. The second kappa shape index (κ2) is 6.59. The molecule has 0 fully saturated rings. The third kappa shape index (κ3) is 2.90. The number of amides is 1. The van der Waals surface area contributed by atoms with Gasteiger partial charge in [-0.2, -0.15) is 0 Å². The van der Waals surface area contributed by atoms with Crippen LogP contribution in [0, 0.1) is 0 Å². The number of H-pyrrole nitrogens is 1. The monoisotopic (exact) mass is 376 g/mol. The normalized spacial score (nSPS) is 13.3. The number of fused-ring (bicyclic) bond motifs is 2. The zero-order valence-electron chi connectivity index (χ0n) is 14.4. The molecule has 27 heavy (non-hydrogen) atoms. The molecule has 1 N–H and O–H groups in total. The van der Waals surface area contributed by atoms with E-state index in [0.717, 1.165) is 35.1 Å². The van der Waals surface area contributed by atoms with E-state index < -0.39 is 0 Å². The van der Waals surface area contributed by atoms with Crippen molar-refractivity contribution >= 4 is 34.3 Å². The molecule has 7 heteroatoms. The van der Waals surface area contributed by atoms with Crippen molar-refractivity contribution in [2.45, 2.75) is 11.6 Å². The van der Waals surface area contributed by atoms with Crippen LogP contribution in [0.25, 0.3) is 22.4 Å². The standard InChI is InChI=1S/C20H16N4O2S/c25-18(24-10-9-13-5-1-4-8-17(13)24)12-27-20-23-22-19(26-20)15-11-21-16-7-3-2-6-14(15)16/h1-8,11,21H,9-10,12H2. The summed E-state index contributed by atoms with van der Waals surface area (Å²) in [6.07, 6.45) is 2.76. The average Bonchev–Trinajstić information content (AvgIpc) is 3.43. The average molecular weight is 376 g/mol. The molecule has 3 heterocycles. The predicted molar refractivity (Wildman–Crippen MR) is 105 cm³/mol. The number of aromatic nitrogens is 3. The molecule has 0 bridgehead atoms. The molecule has 0 saturated carbocycles. The first-order valence-electron chi connectivity index (χ1n) is 8.70. The van der Waals surface area contributed by atoms with Gasteiger partial charge in [0.1, 0.15) is 0 Å². The lowest BCUT2D eigenvalue weighted by Crippen LogP contribution is -2.30. The van der Waals surface area contributed by atoms with Gasteiger partial charge in [0.05, 0.1) is 11.3 Å². The fourth-order valence-electron chi connectivity index (χ4n) is 3.42. The van der Waals surface area contributed by atoms with Crippen LogP contribution in [-0.2, 0) is 11.2 Å². The highest BCUT2D eigenvalue weighted by molar-refractivity contribution is 7.99. The zero-order chi connectivity index (χ0) is 18.2. The zero-order valence-corrected chi connectivity index (χ0v) is 15.2. The first-order chi connectivity index (χ1) is 13.3. The first-order valence-corrected chi connectivity index (χ1v) is 9.69. The molecule has 1 aliphatic rings. The Morgan fingerprint density at radius 3 is 2.96 bits per heavy atom. The Morgan fingerprint density at radius 1 is 1.15 bits per heavy atom. The maximum Gasteiger partial charge on any atom is 0.277 e. The number of rotatable bonds is 4. The van der Waals surface area contributed by atoms with E-state index in [1.165, 1.54) is 17.3 Å². The van der Waals surface area contributed by atoms with Crippen LogP contribution in [0.3, 0.4) is 0 Å². The molecular weight excluding hydrogens is 360 g/mol. The number of nitrogens with one attached hydrogen (secondary N) is 1. The largest absolute Gasteiger partial charge is 0.411 e. The molecule has 1 aliphatic heterocycles. The van der Waals surface area contributed by atoms with Gasteiger partial charge in [0.2, 0.25) is 5.91 Å². The van der Waals surface area contributed by atoms with Gasteiger partial charge in [-0.25, -0.2) is 0 Å². The van der Waals surface area contributed by atoms with Gasteiger partial charge in [0.25, 0.3) is 11.1 Å². The molecule has 4 aromatic rings. The van der Waals surface area contributed by atoms with Crippen LogP contribution in [-0.4, -0.2) is 33.4 Å². The van der Waals surface area contributed by atoms with Crippen LogP contribution in [0.2, 0.25) is 0 Å². The van der Waals surface area contributed by atoms with Crippen molar-refractivity contribution in [3.8, 4) is 11.5 Å². The van der Waals surface area contributed by atoms with E-state index in [4.69, 9.17) is 4.42 Å². The minimum absolute atomic E-state index is 0.0526. The third-order valence-electron chi connectivity index (χ3n) is 4.73. The van der Waals surface area contributed by atoms with Crippen LogP contribution < -0.4 is 4.90 Å². The number of carbonyl (C=O) groups excluding carboxylic acids is 1. The van der Waals surface area contributed by atoms with Crippen LogP contribution in [0.1, 0.15) is 5.56 Å². The SMILES string of the molecule is O=C(CSc1nnc(-c2c[nH]c3ccccc23)o1)N1CCc2ccccc21. The number of benzene rings is 2. The second-order valence-electron chi connectivity index (χ2n) is 6.33. The summed E-state index contributed by atoms with van der Waals surface area (Å²) in [5.41, 5.74) is 4.11. The van der Waals surface area contributed by atoms with Crippen molar-refractivity contribution in [3.05, 3.63) is 60.3 Å². The van der Waals surface area contributed by atoms with Gasteiger partial charge in [0.15, 0.2) is 0 Å². The minimum Gasteiger partial charge on any atom is -0.411 e. The summed E-state index contributed by atoms with van der Waals surface area (Å²) in [5, 5.41) is 9.65. The Morgan fingerprint density at radius 2 is 2.00 bits per heavy atom. The van der Waals surface area contributed by atoms with Gasteiger partial charge >= 0.3 is 0 Å². The lowest BCUT2D eigenvalue weighted by molar-refractivity contribution is -0.116. The Labute approximate surface area is 159 Å². The maximum atomic E-state index is 12.6. The molecular formula is C20H16N4O2S. The number of thioether (sulfide) groups is 1. The summed E-state index contributed by atoms with van der Waals surface area (Å²) < 4.78 is 5.77. The Kier molecular flexibility index (Phi) is 3.94. The highest BCUT2D eigenvalue weighted by Gasteiger charge is 2.24. The van der Waals surface area contributed by atoms with Crippen LogP contribution in [0.15, 0.2) is 64.4 Å². The quantitative estimate of drug-likeness (QED) is 0.547. The van der Waals surface area contributed by atoms with Gasteiger partial charge in [-0.3, -0.25) is 4.79 Å². The summed E-state index contributed by atoms with van der Waals surface area (Å²) in [4.78, 5) is 17.6. The van der Waals surface area contributed by atoms with E-state index >= 15 is 0 Å². The Balaban J connectivity index is 1.30. The van der Waals surface area contributed by atoms with Gasteiger partial charge in [-0.15, -0.1) is 10.2 Å². The van der Waals surface area contributed by atoms with E-state index in [9.17, 15) is 4.79 Å². The van der Waals surface area contributed by atoms with Crippen LogP contribution in [0.5, 0.6) is 0 Å². The van der Waals surface area contributed by atoms with E-state index in [2.05, 4.69) is 21.2 Å². The highest BCUT2D eigenvalue weighted by Crippen LogP contribution is 2.31. The van der Waals surface area contributed by atoms with Gasteiger partial charge in [-0.1, -0.05) is 48.2 Å². The van der Waals surface area contributed by atoms with Gasteiger partial charge < -0.3 is 14.3 Å². The Bertz CT molecular complexity index is 1130. The molecule has 2 aromatic carbocycles. The van der Waals surface area contributed by atoms with Crippen LogP contribution >= 0.6 is 11.8 Å². The molecule has 5 rings (SSSR count). The van der Waals surface area contributed by atoms with E-state index in [-0.39, 0.29) is 11.7 Å². The molecule has 0 saturated heterocycles. The van der Waals surface area contributed by atoms with E-state index in [1.807, 2.05) is 53.6 Å². The first kappa shape index (κ1) is 16.1. The van der Waals surface area contributed by atoms with Crippen molar-refractivity contribution < 1.29 is 9.21 Å². The number of nitrogens with zero attached hydrogens (tertiary/aromatic N) is 3. The molecule has 134 valence electrons. The second-order valence-corrected chi connectivity index (χ2v) is 7.26. The number of hydrogen-bond acceptors (Lipinski definition) is 5. The van der Waals surface area contributed by atoms with E-state index in [1.54, 1.807) is 0 Å². The van der Waals surface area contributed by atoms with Gasteiger partial charge in [0, 0.05) is 29.3 Å². The van der Waals surface area contributed by atoms with Crippen molar-refractivity contribution in [2.24, 2.45) is 0 Å². The lowest BCUT2D eigenvalue weighted by atomic mass is 10.2. The molecule has 6 nitrogen and oxygen atoms in total. The molecule has 0 atom stereocenters. The van der Waals surface area contributed by atoms with Crippen molar-refractivity contribution in [3.63, 3.8) is 0 Å². The third-order valence-corrected chi connectivity index (χ3v) is 5.54. The minimum atomic E-state index is 0.0526. The lowest BCUT2D eigenvalue weighted by Gasteiger charge is -2.16. The molecule has 0 radical (unpaired) electrons. The van der Waals surface area contributed by atoms with Crippen molar-refractivity contribution in [2.75, 3.05) is 17.2 Å². The van der Waals surface area contributed by atoms with Crippen LogP contribution in [0.4, 0.5) is 5.69 Å². The number of para-hydroxylation sites is 2. The summed E-state index contributed by atoms with van der Waals surface area (Å²) in [5.74, 6) is 0.773. The topological polar surface area (TPSA) is 75.0 Å². The molecule has 2 aromatic heterocycles. The molecule has 0 aliphatic carbocycles. The van der Waals surface area contributed by atoms with Crippen molar-refractivity contribution in [1.29, 1.82) is 0 Å². The summed E-state index contributed by atoms with van der Waals surface area (Å²) >= 11 is 1.27. The molecule has 1 amide bonds. The van der Waals surface area contributed by atoms with Gasteiger partial charge in [-0.05, 0) is 24.1 Å². The summed E-state index contributed by atoms with van der Waals surface area (Å²) in [6, 6.07) is 16.0. The van der Waals surface area contributed by atoms with Crippen molar-refractivity contribution in [1.82, 2.24) is 15.2 Å². The fraction of sp³-hybridized carbons (Fsp3) is 0.150. The molecule has 0 unspecified atom stereocenters. The summed E-state index contributed by atoms with van der Waals surface area (Å²) in [7, 11) is 0. The number of carbonyl (C=O) groups is 1.